The lowest BCUT2D eigenvalue weighted by atomic mass is 10.00. The molecule has 0 saturated carbocycles. The minimum absolute atomic E-state index is 0.135. The van der Waals surface area contributed by atoms with Crippen molar-refractivity contribution in [3.63, 3.8) is 0 Å². The predicted molar refractivity (Wildman–Crippen MR) is 62.8 cm³/mol. The van der Waals surface area contributed by atoms with Crippen molar-refractivity contribution in [2.24, 2.45) is 5.92 Å². The first-order chi connectivity index (χ1) is 7.63. The minimum Gasteiger partial charge on any atom is -0.352 e. The molecule has 0 bridgehead atoms. The lowest BCUT2D eigenvalue weighted by molar-refractivity contribution is -0.132. The predicted octanol–water partition coefficient (Wildman–Crippen LogP) is 0.937. The molecule has 0 aromatic rings. The van der Waals surface area contributed by atoms with Crippen molar-refractivity contribution >= 4 is 11.8 Å². The van der Waals surface area contributed by atoms with E-state index in [-0.39, 0.29) is 11.8 Å². The van der Waals surface area contributed by atoms with Gasteiger partial charge in [-0.1, -0.05) is 13.5 Å². The Morgan fingerprint density at radius 1 is 1.56 bits per heavy atom. The van der Waals surface area contributed by atoms with Gasteiger partial charge >= 0.3 is 0 Å². The lowest BCUT2D eigenvalue weighted by Crippen LogP contribution is -2.40. The molecule has 1 heterocycles. The summed E-state index contributed by atoms with van der Waals surface area (Å²) in [6, 6.07) is 0. The molecule has 1 unspecified atom stereocenters. The van der Waals surface area contributed by atoms with Crippen LogP contribution in [0.1, 0.15) is 26.2 Å². The van der Waals surface area contributed by atoms with Crippen LogP contribution >= 0.6 is 0 Å². The maximum atomic E-state index is 11.8. The van der Waals surface area contributed by atoms with Gasteiger partial charge in [-0.3, -0.25) is 9.59 Å². The van der Waals surface area contributed by atoms with Gasteiger partial charge < -0.3 is 10.2 Å². The van der Waals surface area contributed by atoms with Crippen molar-refractivity contribution in [2.45, 2.75) is 26.2 Å². The number of likely N-dealkylation sites (tertiary alicyclic amines) is 1. The molecule has 1 N–H and O–H groups in total. The molecule has 0 aliphatic carbocycles. The van der Waals surface area contributed by atoms with Crippen LogP contribution in [0.4, 0.5) is 0 Å². The fraction of sp³-hybridized carbons (Fsp3) is 0.667. The van der Waals surface area contributed by atoms with Crippen molar-refractivity contribution in [3.8, 4) is 0 Å². The average molecular weight is 224 g/mol. The van der Waals surface area contributed by atoms with Crippen LogP contribution in [0, 0.1) is 5.92 Å². The van der Waals surface area contributed by atoms with Gasteiger partial charge in [-0.05, 0) is 24.8 Å². The smallest absolute Gasteiger partial charge is 0.243 e. The van der Waals surface area contributed by atoms with Gasteiger partial charge in [0, 0.05) is 26.1 Å². The second-order valence-electron chi connectivity index (χ2n) is 4.33. The summed E-state index contributed by atoms with van der Waals surface area (Å²) in [5, 5.41) is 2.61. The van der Waals surface area contributed by atoms with Gasteiger partial charge in [0.1, 0.15) is 0 Å². The molecule has 1 atom stereocenters. The van der Waals surface area contributed by atoms with Crippen molar-refractivity contribution in [1.29, 1.82) is 0 Å². The number of amides is 2. The maximum absolute atomic E-state index is 11.8. The van der Waals surface area contributed by atoms with E-state index in [0.29, 0.717) is 18.9 Å². The number of carbonyl (C=O) groups excluding carboxylic acids is 2. The molecular formula is C12H20N2O2. The molecule has 0 aromatic heterocycles. The molecule has 1 rings (SSSR count). The molecule has 0 spiro atoms. The zero-order valence-electron chi connectivity index (χ0n) is 9.87. The summed E-state index contributed by atoms with van der Waals surface area (Å²) in [7, 11) is 0. The number of nitrogens with zero attached hydrogens (tertiary/aromatic N) is 1. The van der Waals surface area contributed by atoms with Gasteiger partial charge in [0.15, 0.2) is 0 Å². The monoisotopic (exact) mass is 224 g/mol. The first-order valence-corrected chi connectivity index (χ1v) is 5.81. The normalized spacial score (nSPS) is 20.3. The molecule has 2 amide bonds. The number of carbonyl (C=O) groups is 2. The number of hydrogen-bond donors (Lipinski definition) is 1. The van der Waals surface area contributed by atoms with Crippen LogP contribution in [0.15, 0.2) is 12.7 Å². The van der Waals surface area contributed by atoms with E-state index in [1.54, 1.807) is 0 Å². The van der Waals surface area contributed by atoms with Gasteiger partial charge in [-0.25, -0.2) is 0 Å². The van der Waals surface area contributed by atoms with Crippen molar-refractivity contribution in [2.75, 3.05) is 19.6 Å². The van der Waals surface area contributed by atoms with Crippen LogP contribution in [0.2, 0.25) is 0 Å². The molecule has 0 aromatic carbocycles. The van der Waals surface area contributed by atoms with Gasteiger partial charge in [-0.2, -0.15) is 0 Å². The first kappa shape index (κ1) is 12.7. The SMILES string of the molecule is C=CC(=O)NCCC(=O)N1CCCC(C)C1. The molecule has 1 aliphatic rings. The van der Waals surface area contributed by atoms with Gasteiger partial charge in [0.05, 0.1) is 0 Å². The summed E-state index contributed by atoms with van der Waals surface area (Å²) in [6.07, 6.45) is 3.89. The summed E-state index contributed by atoms with van der Waals surface area (Å²) >= 11 is 0. The van der Waals surface area contributed by atoms with Crippen molar-refractivity contribution in [3.05, 3.63) is 12.7 Å². The second kappa shape index (κ2) is 6.30. The Kier molecular flexibility index (Phi) is 5.02. The molecule has 0 radical (unpaired) electrons. The van der Waals surface area contributed by atoms with Crippen LogP contribution < -0.4 is 5.32 Å². The topological polar surface area (TPSA) is 49.4 Å². The Morgan fingerprint density at radius 3 is 2.94 bits per heavy atom. The zero-order valence-corrected chi connectivity index (χ0v) is 9.87. The van der Waals surface area contributed by atoms with Gasteiger partial charge in [0.2, 0.25) is 11.8 Å². The lowest BCUT2D eigenvalue weighted by Gasteiger charge is -2.31. The Bertz CT molecular complexity index is 276. The Balaban J connectivity index is 2.23. The summed E-state index contributed by atoms with van der Waals surface area (Å²) in [5.74, 6) is 0.510. The third kappa shape index (κ3) is 4.04. The van der Waals surface area contributed by atoms with E-state index in [1.807, 2.05) is 4.90 Å². The third-order valence-corrected chi connectivity index (χ3v) is 2.83. The number of rotatable bonds is 4. The summed E-state index contributed by atoms with van der Waals surface area (Å²) in [6.45, 7) is 7.63. The number of piperidine rings is 1. The van der Waals surface area contributed by atoms with Crippen molar-refractivity contribution < 1.29 is 9.59 Å². The molecule has 4 nitrogen and oxygen atoms in total. The fourth-order valence-electron chi connectivity index (χ4n) is 1.94. The molecule has 90 valence electrons. The first-order valence-electron chi connectivity index (χ1n) is 5.81. The molecule has 4 heteroatoms. The van der Waals surface area contributed by atoms with Crippen LogP contribution in [0.3, 0.4) is 0 Å². The quantitative estimate of drug-likeness (QED) is 0.722. The van der Waals surface area contributed by atoms with E-state index in [1.165, 1.54) is 12.5 Å². The highest BCUT2D eigenvalue weighted by atomic mass is 16.2. The van der Waals surface area contributed by atoms with Gasteiger partial charge in [-0.15, -0.1) is 0 Å². The highest BCUT2D eigenvalue weighted by molar-refractivity contribution is 5.87. The highest BCUT2D eigenvalue weighted by Gasteiger charge is 2.20. The standard InChI is InChI=1S/C12H20N2O2/c1-3-11(15)13-7-6-12(16)14-8-4-5-10(2)9-14/h3,10H,1,4-9H2,2H3,(H,13,15). The summed E-state index contributed by atoms with van der Waals surface area (Å²) < 4.78 is 0. The maximum Gasteiger partial charge on any atom is 0.243 e. The van der Waals surface area contributed by atoms with E-state index in [9.17, 15) is 9.59 Å². The second-order valence-corrected chi connectivity index (χ2v) is 4.33. The van der Waals surface area contributed by atoms with Crippen molar-refractivity contribution in [1.82, 2.24) is 10.2 Å². The summed E-state index contributed by atoms with van der Waals surface area (Å²) in [5.41, 5.74) is 0. The molecule has 1 aliphatic heterocycles. The average Bonchev–Trinajstić information content (AvgIpc) is 2.28. The Hall–Kier alpha value is -1.32. The van der Waals surface area contributed by atoms with E-state index in [2.05, 4.69) is 18.8 Å². The number of nitrogens with one attached hydrogen (secondary N) is 1. The Morgan fingerprint density at radius 2 is 2.31 bits per heavy atom. The Labute approximate surface area is 96.7 Å². The number of hydrogen-bond acceptors (Lipinski definition) is 2. The van der Waals surface area contributed by atoms with Crippen LogP contribution in [-0.4, -0.2) is 36.3 Å². The van der Waals surface area contributed by atoms with Gasteiger partial charge in [0.25, 0.3) is 0 Å². The molecule has 1 fully saturated rings. The van der Waals surface area contributed by atoms with Crippen LogP contribution in [0.5, 0.6) is 0 Å². The molecule has 16 heavy (non-hydrogen) atoms. The molecular weight excluding hydrogens is 204 g/mol. The van der Waals surface area contributed by atoms with Crippen LogP contribution in [-0.2, 0) is 9.59 Å². The van der Waals surface area contributed by atoms with E-state index in [4.69, 9.17) is 0 Å². The molecule has 1 saturated heterocycles. The van der Waals surface area contributed by atoms with E-state index < -0.39 is 0 Å². The van der Waals surface area contributed by atoms with E-state index in [0.717, 1.165) is 19.5 Å². The zero-order chi connectivity index (χ0) is 12.0. The summed E-state index contributed by atoms with van der Waals surface area (Å²) in [4.78, 5) is 24.5. The fourth-order valence-corrected chi connectivity index (χ4v) is 1.94. The minimum atomic E-state index is -0.222. The largest absolute Gasteiger partial charge is 0.352 e. The van der Waals surface area contributed by atoms with E-state index >= 15 is 0 Å². The third-order valence-electron chi connectivity index (χ3n) is 2.83. The highest BCUT2D eigenvalue weighted by Crippen LogP contribution is 2.15. The van der Waals surface area contributed by atoms with Crippen LogP contribution in [0.25, 0.3) is 0 Å².